The number of likely N-dealkylation sites (tertiary alicyclic amines) is 1. The van der Waals surface area contributed by atoms with Gasteiger partial charge in [0.05, 0.1) is 11.2 Å². The molecule has 2 saturated heterocycles. The molecule has 11 heteroatoms. The maximum absolute atomic E-state index is 12.7. The van der Waals surface area contributed by atoms with E-state index in [1.54, 1.807) is 35.9 Å². The van der Waals surface area contributed by atoms with E-state index >= 15 is 0 Å². The quantitative estimate of drug-likeness (QED) is 0.525. The Labute approximate surface area is 217 Å². The van der Waals surface area contributed by atoms with Crippen LogP contribution >= 0.6 is 0 Å². The molecule has 0 radical (unpaired) electrons. The molecule has 11 nitrogen and oxygen atoms in total. The maximum atomic E-state index is 12.7. The first-order chi connectivity index (χ1) is 17.6. The number of anilines is 1. The smallest absolute Gasteiger partial charge is 0.338 e. The molecule has 2 aromatic rings. The van der Waals surface area contributed by atoms with Crippen molar-refractivity contribution in [1.82, 2.24) is 29.6 Å². The average molecular weight is 511 g/mol. The minimum atomic E-state index is -0.942. The fourth-order valence-corrected chi connectivity index (χ4v) is 4.78. The van der Waals surface area contributed by atoms with E-state index in [0.717, 1.165) is 38.2 Å². The number of benzene rings is 1. The fraction of sp³-hybridized carbons (Fsp3) is 0.538. The summed E-state index contributed by atoms with van der Waals surface area (Å²) in [4.78, 5) is 47.5. The van der Waals surface area contributed by atoms with Gasteiger partial charge in [-0.3, -0.25) is 19.6 Å². The number of piperazine rings is 1. The maximum Gasteiger partial charge on any atom is 0.354 e. The highest BCUT2D eigenvalue weighted by Crippen LogP contribution is 2.16. The van der Waals surface area contributed by atoms with E-state index in [4.69, 9.17) is 5.73 Å². The average Bonchev–Trinajstić information content (AvgIpc) is 2.89. The van der Waals surface area contributed by atoms with Crippen LogP contribution in [0, 0.1) is 0 Å². The third-order valence-corrected chi connectivity index (χ3v) is 7.06. The molecule has 2 aliphatic rings. The van der Waals surface area contributed by atoms with E-state index < -0.39 is 11.2 Å². The Morgan fingerprint density at radius 2 is 1.62 bits per heavy atom. The summed E-state index contributed by atoms with van der Waals surface area (Å²) >= 11 is 0. The second-order valence-electron chi connectivity index (χ2n) is 10.4. The van der Waals surface area contributed by atoms with Gasteiger partial charge in [0.1, 0.15) is 5.82 Å². The van der Waals surface area contributed by atoms with Crippen molar-refractivity contribution < 1.29 is 9.59 Å². The second kappa shape index (κ2) is 11.4. The molecule has 200 valence electrons. The number of aromatic nitrogens is 2. The van der Waals surface area contributed by atoms with E-state index in [1.807, 2.05) is 31.3 Å². The van der Waals surface area contributed by atoms with Crippen LogP contribution in [0.5, 0.6) is 0 Å². The number of carbonyl (C=O) groups is 2. The van der Waals surface area contributed by atoms with E-state index in [1.165, 1.54) is 10.1 Å². The number of urea groups is 1. The first kappa shape index (κ1) is 26.8. The molecule has 0 unspecified atom stereocenters. The van der Waals surface area contributed by atoms with Gasteiger partial charge in [-0.25, -0.2) is 9.59 Å². The van der Waals surface area contributed by atoms with Crippen LogP contribution in [0.15, 0.2) is 41.3 Å². The lowest BCUT2D eigenvalue weighted by Gasteiger charge is -2.37. The van der Waals surface area contributed by atoms with Crippen LogP contribution in [-0.4, -0.2) is 94.1 Å². The second-order valence-corrected chi connectivity index (χ2v) is 10.4. The third-order valence-electron chi connectivity index (χ3n) is 7.06. The summed E-state index contributed by atoms with van der Waals surface area (Å²) in [6, 6.07) is 9.77. The highest BCUT2D eigenvalue weighted by atomic mass is 16.2. The van der Waals surface area contributed by atoms with Crippen molar-refractivity contribution in [3.05, 3.63) is 52.6 Å². The van der Waals surface area contributed by atoms with Gasteiger partial charge in [0.25, 0.3) is 0 Å². The minimum absolute atomic E-state index is 0.139. The van der Waals surface area contributed by atoms with Gasteiger partial charge in [-0.2, -0.15) is 4.98 Å². The number of nitrogens with one attached hydrogen (secondary N) is 2. The van der Waals surface area contributed by atoms with E-state index in [9.17, 15) is 14.4 Å². The lowest BCUT2D eigenvalue weighted by atomic mass is 10.0. The predicted molar refractivity (Wildman–Crippen MR) is 143 cm³/mol. The summed E-state index contributed by atoms with van der Waals surface area (Å²) in [6.07, 6.45) is 3.92. The summed E-state index contributed by atoms with van der Waals surface area (Å²) in [6.45, 7) is 7.96. The molecular formula is C26H38N8O3. The van der Waals surface area contributed by atoms with Crippen molar-refractivity contribution in [2.75, 3.05) is 51.6 Å². The molecular weight excluding hydrogens is 472 g/mol. The van der Waals surface area contributed by atoms with Crippen molar-refractivity contribution in [3.63, 3.8) is 0 Å². The molecule has 4 rings (SSSR count). The number of hydrogen-bond acceptors (Lipinski definition) is 7. The summed E-state index contributed by atoms with van der Waals surface area (Å²) in [5.41, 5.74) is 6.41. The largest absolute Gasteiger partial charge is 0.354 e. The Kier molecular flexibility index (Phi) is 8.25. The molecule has 3 heterocycles. The van der Waals surface area contributed by atoms with Gasteiger partial charge in [0, 0.05) is 45.0 Å². The molecule has 3 amide bonds. The Hall–Kier alpha value is -3.28. The molecule has 2 fully saturated rings. The first-order valence-electron chi connectivity index (χ1n) is 12.9. The van der Waals surface area contributed by atoms with Crippen LogP contribution in [0.2, 0.25) is 0 Å². The lowest BCUT2D eigenvalue weighted by Crippen LogP contribution is -2.58. The fourth-order valence-electron chi connectivity index (χ4n) is 4.78. The van der Waals surface area contributed by atoms with Crippen molar-refractivity contribution in [3.8, 4) is 5.69 Å². The SMILES string of the molecule is CNC1CCN(Cc2ccc(-n3ccc(NC(=O)N4CCN(C(=O)C(C)(C)N)CC4)nc3=O)cc2)CC1. The Balaban J connectivity index is 1.31. The van der Waals surface area contributed by atoms with E-state index in [-0.39, 0.29) is 17.8 Å². The van der Waals surface area contributed by atoms with Gasteiger partial charge in [-0.05, 0) is 70.6 Å². The van der Waals surface area contributed by atoms with Gasteiger partial charge in [0.2, 0.25) is 5.91 Å². The van der Waals surface area contributed by atoms with Crippen molar-refractivity contribution in [2.45, 2.75) is 44.8 Å². The van der Waals surface area contributed by atoms with Crippen LogP contribution in [0.3, 0.4) is 0 Å². The molecule has 0 atom stereocenters. The van der Waals surface area contributed by atoms with Crippen molar-refractivity contribution >= 4 is 17.8 Å². The monoisotopic (exact) mass is 510 g/mol. The van der Waals surface area contributed by atoms with Crippen LogP contribution in [0.25, 0.3) is 5.69 Å². The lowest BCUT2D eigenvalue weighted by molar-refractivity contribution is -0.137. The Bertz CT molecular complexity index is 1140. The van der Waals surface area contributed by atoms with Gasteiger partial charge < -0.3 is 20.9 Å². The van der Waals surface area contributed by atoms with Gasteiger partial charge in [-0.1, -0.05) is 12.1 Å². The Morgan fingerprint density at radius 3 is 2.19 bits per heavy atom. The zero-order valence-electron chi connectivity index (χ0n) is 21.9. The molecule has 0 spiro atoms. The van der Waals surface area contributed by atoms with Gasteiger partial charge in [-0.15, -0.1) is 0 Å². The zero-order chi connectivity index (χ0) is 26.6. The third kappa shape index (κ3) is 6.73. The zero-order valence-corrected chi connectivity index (χ0v) is 21.9. The standard InChI is InChI=1S/C26H38N8O3/c1-26(2,27)23(35)32-14-16-33(17-15-32)24(36)29-22-10-13-34(25(37)30-22)21-6-4-19(5-7-21)18-31-11-8-20(28-3)9-12-31/h4-7,10,13,20,28H,8-9,11-12,14-18,27H2,1-3H3,(H,29,30,36,37). The number of piperidine rings is 1. The first-order valence-corrected chi connectivity index (χ1v) is 12.9. The summed E-state index contributed by atoms with van der Waals surface area (Å²) in [5.74, 6) is 0.0504. The topological polar surface area (TPSA) is 129 Å². The summed E-state index contributed by atoms with van der Waals surface area (Å²) in [7, 11) is 2.02. The molecule has 0 bridgehead atoms. The van der Waals surface area contributed by atoms with E-state index in [2.05, 4.69) is 20.5 Å². The summed E-state index contributed by atoms with van der Waals surface area (Å²) < 4.78 is 1.46. The van der Waals surface area contributed by atoms with Crippen LogP contribution in [0.1, 0.15) is 32.3 Å². The number of nitrogens with zero attached hydrogens (tertiary/aromatic N) is 5. The van der Waals surface area contributed by atoms with E-state index in [0.29, 0.717) is 32.2 Å². The van der Waals surface area contributed by atoms with Crippen LogP contribution < -0.4 is 22.1 Å². The van der Waals surface area contributed by atoms with Crippen molar-refractivity contribution in [1.29, 1.82) is 0 Å². The Morgan fingerprint density at radius 1 is 1.00 bits per heavy atom. The number of rotatable bonds is 6. The molecule has 1 aromatic carbocycles. The van der Waals surface area contributed by atoms with Gasteiger partial charge >= 0.3 is 11.7 Å². The highest BCUT2D eigenvalue weighted by Gasteiger charge is 2.31. The van der Waals surface area contributed by atoms with Crippen molar-refractivity contribution in [2.24, 2.45) is 5.73 Å². The number of amides is 3. The molecule has 2 aliphatic heterocycles. The molecule has 1 aromatic heterocycles. The molecule has 37 heavy (non-hydrogen) atoms. The van der Waals surface area contributed by atoms with Crippen LogP contribution in [-0.2, 0) is 11.3 Å². The van der Waals surface area contributed by atoms with Gasteiger partial charge in [0.15, 0.2) is 0 Å². The molecule has 0 saturated carbocycles. The van der Waals surface area contributed by atoms with Crippen LogP contribution in [0.4, 0.5) is 10.6 Å². The number of carbonyl (C=O) groups excluding carboxylic acids is 2. The normalized spacial score (nSPS) is 17.6. The molecule has 4 N–H and O–H groups in total. The molecule has 0 aliphatic carbocycles. The minimum Gasteiger partial charge on any atom is -0.338 e. The number of hydrogen-bond donors (Lipinski definition) is 3. The number of nitrogens with two attached hydrogens (primary N) is 1. The highest BCUT2D eigenvalue weighted by molar-refractivity contribution is 5.89. The predicted octanol–water partition coefficient (Wildman–Crippen LogP) is 0.830. The summed E-state index contributed by atoms with van der Waals surface area (Å²) in [5, 5.41) is 6.04.